The van der Waals surface area contributed by atoms with Crippen molar-refractivity contribution in [3.05, 3.63) is 42.1 Å². The number of ether oxygens (including phenoxy) is 1. The summed E-state index contributed by atoms with van der Waals surface area (Å²) < 4.78 is 6.26. The molecule has 1 aromatic carbocycles. The number of pyridine rings is 1. The Balaban J connectivity index is 2.09. The summed E-state index contributed by atoms with van der Waals surface area (Å²) in [5, 5.41) is 4.75. The van der Waals surface area contributed by atoms with Crippen LogP contribution in [-0.4, -0.2) is 24.2 Å². The number of aromatic nitrogens is 1. The largest absolute Gasteiger partial charge is 0.373 e. The molecule has 1 aliphatic rings. The van der Waals surface area contributed by atoms with Crippen LogP contribution in [-0.2, 0) is 4.74 Å². The van der Waals surface area contributed by atoms with Gasteiger partial charge in [-0.25, -0.2) is 0 Å². The van der Waals surface area contributed by atoms with Crippen molar-refractivity contribution >= 4 is 10.9 Å². The van der Waals surface area contributed by atoms with Crippen molar-refractivity contribution < 1.29 is 4.74 Å². The molecule has 1 atom stereocenters. The Hall–Kier alpha value is -1.45. The molecule has 3 rings (SSSR count). The van der Waals surface area contributed by atoms with Crippen LogP contribution in [0.5, 0.6) is 0 Å². The highest BCUT2D eigenvalue weighted by Crippen LogP contribution is 2.44. The van der Waals surface area contributed by atoms with Crippen molar-refractivity contribution in [1.29, 1.82) is 0 Å². The van der Waals surface area contributed by atoms with Gasteiger partial charge in [-0.05, 0) is 44.5 Å². The summed E-state index contributed by atoms with van der Waals surface area (Å²) in [6.45, 7) is 2.86. The van der Waals surface area contributed by atoms with Gasteiger partial charge in [0.05, 0.1) is 17.2 Å². The number of fused-ring (bicyclic) bond motifs is 1. The van der Waals surface area contributed by atoms with Crippen LogP contribution >= 0.6 is 0 Å². The first-order chi connectivity index (χ1) is 10.3. The fourth-order valence-corrected chi connectivity index (χ4v) is 3.86. The zero-order valence-electron chi connectivity index (χ0n) is 12.9. The molecule has 21 heavy (non-hydrogen) atoms. The van der Waals surface area contributed by atoms with Gasteiger partial charge < -0.3 is 10.1 Å². The van der Waals surface area contributed by atoms with Crippen LogP contribution in [0.1, 0.15) is 44.2 Å². The molecule has 1 fully saturated rings. The molecular weight excluding hydrogens is 260 g/mol. The number of nitrogens with zero attached hydrogens (tertiary/aromatic N) is 1. The van der Waals surface area contributed by atoms with Crippen molar-refractivity contribution in [3.8, 4) is 0 Å². The molecule has 3 nitrogen and oxygen atoms in total. The first-order valence-electron chi connectivity index (χ1n) is 7.95. The Morgan fingerprint density at radius 2 is 2.05 bits per heavy atom. The summed E-state index contributed by atoms with van der Waals surface area (Å²) in [7, 11) is 2.04. The highest BCUT2D eigenvalue weighted by atomic mass is 16.5. The predicted octanol–water partition coefficient (Wildman–Crippen LogP) is 3.84. The molecule has 1 heterocycles. The lowest BCUT2D eigenvalue weighted by molar-refractivity contribution is -0.0607. The van der Waals surface area contributed by atoms with Crippen LogP contribution in [0.15, 0.2) is 36.5 Å². The maximum atomic E-state index is 6.26. The van der Waals surface area contributed by atoms with Crippen LogP contribution in [0.25, 0.3) is 10.9 Å². The van der Waals surface area contributed by atoms with E-state index in [1.165, 1.54) is 23.8 Å². The van der Waals surface area contributed by atoms with Crippen LogP contribution in [0.3, 0.4) is 0 Å². The fraction of sp³-hybridized carbons (Fsp3) is 0.500. The van der Waals surface area contributed by atoms with Gasteiger partial charge in [-0.15, -0.1) is 0 Å². The van der Waals surface area contributed by atoms with E-state index in [0.717, 1.165) is 25.0 Å². The summed E-state index contributed by atoms with van der Waals surface area (Å²) in [4.78, 5) is 4.49. The van der Waals surface area contributed by atoms with E-state index in [-0.39, 0.29) is 11.6 Å². The second-order valence-electron chi connectivity index (χ2n) is 5.84. The topological polar surface area (TPSA) is 34.1 Å². The summed E-state index contributed by atoms with van der Waals surface area (Å²) in [5.74, 6) is 0. The van der Waals surface area contributed by atoms with E-state index < -0.39 is 0 Å². The number of hydrogen-bond donors (Lipinski definition) is 1. The fourth-order valence-electron chi connectivity index (χ4n) is 3.86. The molecule has 1 N–H and O–H groups in total. The normalized spacial score (nSPS) is 19.0. The maximum Gasteiger partial charge on any atom is 0.0876 e. The Bertz CT molecular complexity index is 600. The second kappa shape index (κ2) is 6.12. The minimum Gasteiger partial charge on any atom is -0.373 e. The van der Waals surface area contributed by atoms with Gasteiger partial charge in [0, 0.05) is 18.2 Å². The van der Waals surface area contributed by atoms with Crippen molar-refractivity contribution in [2.75, 3.05) is 13.7 Å². The van der Waals surface area contributed by atoms with E-state index >= 15 is 0 Å². The van der Waals surface area contributed by atoms with Crippen LogP contribution in [0.4, 0.5) is 0 Å². The molecule has 1 saturated carbocycles. The van der Waals surface area contributed by atoms with Crippen LogP contribution < -0.4 is 5.32 Å². The molecule has 112 valence electrons. The predicted molar refractivity (Wildman–Crippen MR) is 86.4 cm³/mol. The molecule has 0 spiro atoms. The van der Waals surface area contributed by atoms with E-state index in [4.69, 9.17) is 4.74 Å². The number of benzene rings is 1. The summed E-state index contributed by atoms with van der Waals surface area (Å²) >= 11 is 0. The monoisotopic (exact) mass is 284 g/mol. The summed E-state index contributed by atoms with van der Waals surface area (Å²) in [6, 6.07) is 10.8. The number of hydrogen-bond acceptors (Lipinski definition) is 3. The lowest BCUT2D eigenvalue weighted by atomic mass is 9.85. The highest BCUT2D eigenvalue weighted by molar-refractivity contribution is 5.82. The molecule has 3 heteroatoms. The van der Waals surface area contributed by atoms with Gasteiger partial charge in [-0.1, -0.05) is 31.0 Å². The first-order valence-corrected chi connectivity index (χ1v) is 7.95. The second-order valence-corrected chi connectivity index (χ2v) is 5.84. The van der Waals surface area contributed by atoms with Gasteiger partial charge in [-0.2, -0.15) is 0 Å². The zero-order chi connectivity index (χ0) is 14.7. The molecule has 0 bridgehead atoms. The zero-order valence-corrected chi connectivity index (χ0v) is 12.9. The van der Waals surface area contributed by atoms with Gasteiger partial charge in [-0.3, -0.25) is 4.98 Å². The first kappa shape index (κ1) is 14.5. The standard InChI is InChI=1S/C18H24N2O/c1-3-21-18(11-4-5-12-18)17(19-2)15-8-6-10-16-14(15)9-7-13-20-16/h6-10,13,17,19H,3-5,11-12H2,1-2H3. The van der Waals surface area contributed by atoms with Crippen molar-refractivity contribution in [1.82, 2.24) is 10.3 Å². The van der Waals surface area contributed by atoms with E-state index in [2.05, 4.69) is 41.5 Å². The van der Waals surface area contributed by atoms with Gasteiger partial charge in [0.2, 0.25) is 0 Å². The summed E-state index contributed by atoms with van der Waals surface area (Å²) in [6.07, 6.45) is 6.61. The number of nitrogens with one attached hydrogen (secondary N) is 1. The van der Waals surface area contributed by atoms with Gasteiger partial charge in [0.1, 0.15) is 0 Å². The molecule has 1 aliphatic carbocycles. The molecule has 0 amide bonds. The molecule has 1 aromatic heterocycles. The molecule has 0 radical (unpaired) electrons. The molecular formula is C18H24N2O. The third kappa shape index (κ3) is 2.56. The Morgan fingerprint density at radius 3 is 2.76 bits per heavy atom. The Kier molecular flexibility index (Phi) is 4.22. The van der Waals surface area contributed by atoms with Gasteiger partial charge in [0.25, 0.3) is 0 Å². The maximum absolute atomic E-state index is 6.26. The van der Waals surface area contributed by atoms with Crippen molar-refractivity contribution in [2.45, 2.75) is 44.2 Å². The van der Waals surface area contributed by atoms with Gasteiger partial charge in [0.15, 0.2) is 0 Å². The number of likely N-dealkylation sites (N-methyl/N-ethyl adjacent to an activating group) is 1. The lowest BCUT2D eigenvalue weighted by Gasteiger charge is -2.38. The van der Waals surface area contributed by atoms with Crippen LogP contribution in [0, 0.1) is 0 Å². The van der Waals surface area contributed by atoms with E-state index in [1.54, 1.807) is 0 Å². The Morgan fingerprint density at radius 1 is 1.24 bits per heavy atom. The molecule has 2 aromatic rings. The van der Waals surface area contributed by atoms with E-state index in [1.807, 2.05) is 19.3 Å². The average molecular weight is 284 g/mol. The minimum atomic E-state index is -0.0758. The van der Waals surface area contributed by atoms with E-state index in [9.17, 15) is 0 Å². The quantitative estimate of drug-likeness (QED) is 0.905. The highest BCUT2D eigenvalue weighted by Gasteiger charge is 2.42. The third-order valence-corrected chi connectivity index (χ3v) is 4.69. The lowest BCUT2D eigenvalue weighted by Crippen LogP contribution is -2.43. The smallest absolute Gasteiger partial charge is 0.0876 e. The molecule has 1 unspecified atom stereocenters. The number of rotatable bonds is 5. The Labute approximate surface area is 126 Å². The van der Waals surface area contributed by atoms with Crippen molar-refractivity contribution in [2.24, 2.45) is 0 Å². The SMILES string of the molecule is CCOC1(C(NC)c2cccc3ncccc23)CCCC1. The third-order valence-electron chi connectivity index (χ3n) is 4.69. The summed E-state index contributed by atoms with van der Waals surface area (Å²) in [5.41, 5.74) is 2.28. The van der Waals surface area contributed by atoms with Gasteiger partial charge >= 0.3 is 0 Å². The van der Waals surface area contributed by atoms with Crippen molar-refractivity contribution in [3.63, 3.8) is 0 Å². The molecule has 0 saturated heterocycles. The van der Waals surface area contributed by atoms with Crippen LogP contribution in [0.2, 0.25) is 0 Å². The minimum absolute atomic E-state index is 0.0758. The van der Waals surface area contributed by atoms with E-state index in [0.29, 0.717) is 0 Å². The average Bonchev–Trinajstić information content (AvgIpc) is 2.98. The molecule has 0 aliphatic heterocycles.